The molecule has 1 aromatic heterocycles. The first-order chi connectivity index (χ1) is 11.2. The van der Waals surface area contributed by atoms with Gasteiger partial charge in [-0.1, -0.05) is 0 Å². The first-order valence-corrected chi connectivity index (χ1v) is 7.08. The maximum Gasteiger partial charge on any atom is 0.431 e. The van der Waals surface area contributed by atoms with Crippen molar-refractivity contribution in [3.05, 3.63) is 52.6 Å². The number of aromatic nitrogens is 1. The molecule has 0 aliphatic heterocycles. The van der Waals surface area contributed by atoms with Crippen LogP contribution in [0.1, 0.15) is 35.0 Å². The molecule has 126 valence electrons. The van der Waals surface area contributed by atoms with Gasteiger partial charge in [0.2, 0.25) is 0 Å². The van der Waals surface area contributed by atoms with Crippen molar-refractivity contribution in [2.24, 2.45) is 0 Å². The zero-order valence-corrected chi connectivity index (χ0v) is 12.1. The summed E-state index contributed by atoms with van der Waals surface area (Å²) in [5.41, 5.74) is -1.59. The van der Waals surface area contributed by atoms with Gasteiger partial charge in [0.05, 0.1) is 5.56 Å². The largest absolute Gasteiger partial charge is 0.431 e. The lowest BCUT2D eigenvalue weighted by molar-refractivity contribution is -0.142. The van der Waals surface area contributed by atoms with Crippen molar-refractivity contribution < 1.29 is 27.1 Å². The molecule has 8 heteroatoms. The van der Waals surface area contributed by atoms with E-state index in [0.29, 0.717) is 6.07 Å². The third-order valence-corrected chi connectivity index (χ3v) is 4.07. The van der Waals surface area contributed by atoms with E-state index in [4.69, 9.17) is 5.26 Å². The zero-order valence-electron chi connectivity index (χ0n) is 12.1. The summed E-state index contributed by atoms with van der Waals surface area (Å²) in [6.45, 7) is 0. The number of rotatable bonds is 1. The molecule has 0 radical (unpaired) electrons. The van der Waals surface area contributed by atoms with E-state index in [-0.39, 0.29) is 29.8 Å². The van der Waals surface area contributed by atoms with E-state index >= 15 is 0 Å². The van der Waals surface area contributed by atoms with E-state index in [1.54, 1.807) is 6.07 Å². The monoisotopic (exact) mass is 342 g/mol. The third-order valence-electron chi connectivity index (χ3n) is 4.07. The van der Waals surface area contributed by atoms with Gasteiger partial charge in [0, 0.05) is 16.9 Å². The number of aliphatic hydroxyl groups excluding tert-OH is 1. The van der Waals surface area contributed by atoms with Crippen molar-refractivity contribution in [1.82, 2.24) is 4.57 Å². The second-order valence-electron chi connectivity index (χ2n) is 5.54. The Kier molecular flexibility index (Phi) is 3.84. The normalized spacial score (nSPS) is 20.5. The Balaban J connectivity index is 2.27. The summed E-state index contributed by atoms with van der Waals surface area (Å²) in [5.74, 6) is -0.848. The van der Waals surface area contributed by atoms with Gasteiger partial charge < -0.3 is 9.67 Å². The van der Waals surface area contributed by atoms with Crippen LogP contribution < -0.4 is 0 Å². The lowest BCUT2D eigenvalue weighted by Crippen LogP contribution is -2.22. The second-order valence-corrected chi connectivity index (χ2v) is 5.54. The molecule has 0 spiro atoms. The minimum atomic E-state index is -4.76. The van der Waals surface area contributed by atoms with E-state index in [1.807, 2.05) is 0 Å². The Morgan fingerprint density at radius 3 is 2.58 bits per heavy atom. The molecule has 0 fully saturated rings. The average Bonchev–Trinajstić information content (AvgIpc) is 2.92. The molecule has 0 bridgehead atoms. The Labute approximate surface area is 133 Å². The highest BCUT2D eigenvalue weighted by molar-refractivity contribution is 5.48. The average molecular weight is 342 g/mol. The molecular weight excluding hydrogens is 331 g/mol. The first kappa shape index (κ1) is 16.5. The topological polar surface area (TPSA) is 49.0 Å². The van der Waals surface area contributed by atoms with Crippen molar-refractivity contribution in [1.29, 1.82) is 5.26 Å². The van der Waals surface area contributed by atoms with Crippen molar-refractivity contribution in [2.45, 2.75) is 31.3 Å². The van der Waals surface area contributed by atoms with Crippen LogP contribution in [-0.4, -0.2) is 15.8 Å². The standard InChI is InChI=1S/C16H11F5N2O/c17-11-2-1-9(5-8(11)7-22)23-13-4-3-12(18)15(24)10(13)6-14(23)16(19,20)21/h1-2,5-6,12,15,24H,3-4H2. The SMILES string of the molecule is N#Cc1cc(-n2c(C(F)(F)F)cc3c2CCC(F)C3O)ccc1F. The minimum absolute atomic E-state index is 0.0110. The van der Waals surface area contributed by atoms with Gasteiger partial charge in [-0.15, -0.1) is 0 Å². The Morgan fingerprint density at radius 2 is 1.96 bits per heavy atom. The number of benzene rings is 1. The number of aliphatic hydroxyl groups is 1. The van der Waals surface area contributed by atoms with E-state index in [1.165, 1.54) is 0 Å². The van der Waals surface area contributed by atoms with Crippen LogP contribution in [0.5, 0.6) is 0 Å². The molecule has 2 unspecified atom stereocenters. The van der Waals surface area contributed by atoms with Crippen molar-refractivity contribution in [2.75, 3.05) is 0 Å². The number of halogens is 5. The molecule has 1 aromatic carbocycles. The van der Waals surface area contributed by atoms with Crippen molar-refractivity contribution >= 4 is 0 Å². The fourth-order valence-corrected chi connectivity index (χ4v) is 2.95. The van der Waals surface area contributed by atoms with Crippen LogP contribution in [0.3, 0.4) is 0 Å². The van der Waals surface area contributed by atoms with Gasteiger partial charge in [-0.25, -0.2) is 8.78 Å². The predicted octanol–water partition coefficient (Wildman–Crippen LogP) is 3.82. The Morgan fingerprint density at radius 1 is 1.25 bits per heavy atom. The van der Waals surface area contributed by atoms with Crippen LogP contribution in [0, 0.1) is 17.1 Å². The van der Waals surface area contributed by atoms with Gasteiger partial charge in [-0.05, 0) is 37.1 Å². The molecule has 1 aliphatic rings. The smallest absolute Gasteiger partial charge is 0.385 e. The minimum Gasteiger partial charge on any atom is -0.385 e. The Bertz CT molecular complexity index is 834. The molecule has 24 heavy (non-hydrogen) atoms. The molecule has 3 nitrogen and oxygen atoms in total. The molecule has 1 N–H and O–H groups in total. The summed E-state index contributed by atoms with van der Waals surface area (Å²) in [5, 5.41) is 18.7. The molecule has 0 saturated carbocycles. The van der Waals surface area contributed by atoms with E-state index in [9.17, 15) is 27.1 Å². The van der Waals surface area contributed by atoms with Crippen LogP contribution in [0.15, 0.2) is 24.3 Å². The fourth-order valence-electron chi connectivity index (χ4n) is 2.95. The third kappa shape index (κ3) is 2.55. The van der Waals surface area contributed by atoms with Gasteiger partial charge in [0.25, 0.3) is 0 Å². The van der Waals surface area contributed by atoms with E-state index in [0.717, 1.165) is 22.8 Å². The molecule has 1 heterocycles. The second kappa shape index (κ2) is 5.60. The van der Waals surface area contributed by atoms with Crippen LogP contribution in [-0.2, 0) is 12.6 Å². The number of hydrogen-bond donors (Lipinski definition) is 1. The number of nitrogens with zero attached hydrogens (tertiary/aromatic N) is 2. The summed E-state index contributed by atoms with van der Waals surface area (Å²) in [4.78, 5) is 0. The van der Waals surface area contributed by atoms with Gasteiger partial charge in [0.1, 0.15) is 29.9 Å². The van der Waals surface area contributed by atoms with E-state index in [2.05, 4.69) is 0 Å². The molecule has 0 saturated heterocycles. The number of alkyl halides is 4. The van der Waals surface area contributed by atoms with Crippen LogP contribution in [0.2, 0.25) is 0 Å². The number of hydrogen-bond acceptors (Lipinski definition) is 2. The highest BCUT2D eigenvalue weighted by atomic mass is 19.4. The highest BCUT2D eigenvalue weighted by Crippen LogP contribution is 2.41. The maximum atomic E-state index is 13.6. The molecule has 0 amide bonds. The van der Waals surface area contributed by atoms with Crippen LogP contribution in [0.4, 0.5) is 22.0 Å². The van der Waals surface area contributed by atoms with Crippen molar-refractivity contribution in [3.8, 4) is 11.8 Å². The number of fused-ring (bicyclic) bond motifs is 1. The van der Waals surface area contributed by atoms with Gasteiger partial charge in [0.15, 0.2) is 0 Å². The lowest BCUT2D eigenvalue weighted by Gasteiger charge is -2.24. The quantitative estimate of drug-likeness (QED) is 0.801. The first-order valence-electron chi connectivity index (χ1n) is 7.08. The molecule has 1 aliphatic carbocycles. The zero-order chi connectivity index (χ0) is 17.6. The van der Waals surface area contributed by atoms with Crippen LogP contribution >= 0.6 is 0 Å². The summed E-state index contributed by atoms with van der Waals surface area (Å²) >= 11 is 0. The Hall–Kier alpha value is -2.40. The predicted molar refractivity (Wildman–Crippen MR) is 73.6 cm³/mol. The summed E-state index contributed by atoms with van der Waals surface area (Å²) in [6, 6.07) is 5.29. The molecular formula is C16H11F5N2O. The van der Waals surface area contributed by atoms with Crippen molar-refractivity contribution in [3.63, 3.8) is 0 Å². The van der Waals surface area contributed by atoms with Gasteiger partial charge in [-0.2, -0.15) is 18.4 Å². The fraction of sp³-hybridized carbons (Fsp3) is 0.312. The maximum absolute atomic E-state index is 13.6. The summed E-state index contributed by atoms with van der Waals surface area (Å²) in [6.07, 6.45) is -8.18. The summed E-state index contributed by atoms with van der Waals surface area (Å²) in [7, 11) is 0. The van der Waals surface area contributed by atoms with Gasteiger partial charge in [-0.3, -0.25) is 0 Å². The van der Waals surface area contributed by atoms with E-state index < -0.39 is 35.5 Å². The molecule has 3 rings (SSSR count). The highest BCUT2D eigenvalue weighted by Gasteiger charge is 2.40. The summed E-state index contributed by atoms with van der Waals surface area (Å²) < 4.78 is 68.0. The molecule has 2 aromatic rings. The lowest BCUT2D eigenvalue weighted by atomic mass is 9.93. The number of nitriles is 1. The van der Waals surface area contributed by atoms with Crippen LogP contribution in [0.25, 0.3) is 5.69 Å². The molecule has 2 atom stereocenters. The van der Waals surface area contributed by atoms with Gasteiger partial charge >= 0.3 is 6.18 Å².